The van der Waals surface area contributed by atoms with Gasteiger partial charge in [-0.2, -0.15) is 0 Å². The average Bonchev–Trinajstić information content (AvgIpc) is 1.82. The number of hydrogen-bond donors (Lipinski definition) is 2. The second kappa shape index (κ2) is 2.62. The summed E-state index contributed by atoms with van der Waals surface area (Å²) in [5.41, 5.74) is 0.166. The van der Waals surface area contributed by atoms with Gasteiger partial charge < -0.3 is 0 Å². The normalized spacial score (nSPS) is 31.7. The zero-order chi connectivity index (χ0) is 6.20. The average molecular weight is 134 g/mol. The van der Waals surface area contributed by atoms with Crippen LogP contribution in [-0.2, 0) is 0 Å². The standard InChI is InChI=1S/C6H14N2.FH/c1-5-4-7-6(2,3)8-5;/h5,7-8H,4H2,1-3H3;1H/t5-;/m0./s1. The molecule has 1 rings (SSSR count). The first-order valence-electron chi connectivity index (χ1n) is 3.13. The Morgan fingerprint density at radius 2 is 2.00 bits per heavy atom. The first-order chi connectivity index (χ1) is 3.60. The molecule has 0 aromatic heterocycles. The van der Waals surface area contributed by atoms with E-state index in [0.29, 0.717) is 6.04 Å². The van der Waals surface area contributed by atoms with Crippen LogP contribution in [0, 0.1) is 0 Å². The molecule has 2 nitrogen and oxygen atoms in total. The van der Waals surface area contributed by atoms with Crippen molar-refractivity contribution in [2.75, 3.05) is 6.54 Å². The molecule has 9 heavy (non-hydrogen) atoms. The fourth-order valence-electron chi connectivity index (χ4n) is 1.13. The SMILES string of the molecule is C[C@H]1CNC(C)(C)N1.F. The van der Waals surface area contributed by atoms with E-state index in [1.165, 1.54) is 0 Å². The van der Waals surface area contributed by atoms with Crippen molar-refractivity contribution in [3.63, 3.8) is 0 Å². The fraction of sp³-hybridized carbons (Fsp3) is 1.00. The van der Waals surface area contributed by atoms with Crippen LogP contribution < -0.4 is 10.6 Å². The van der Waals surface area contributed by atoms with Crippen LogP contribution in [0.2, 0.25) is 0 Å². The van der Waals surface area contributed by atoms with E-state index in [2.05, 4.69) is 31.4 Å². The van der Waals surface area contributed by atoms with E-state index in [0.717, 1.165) is 6.54 Å². The van der Waals surface area contributed by atoms with Crippen molar-refractivity contribution >= 4 is 0 Å². The van der Waals surface area contributed by atoms with Gasteiger partial charge in [-0.25, -0.2) is 0 Å². The summed E-state index contributed by atoms with van der Waals surface area (Å²) in [5.74, 6) is 0. The predicted octanol–water partition coefficient (Wildman–Crippen LogP) is 0.456. The van der Waals surface area contributed by atoms with E-state index in [4.69, 9.17) is 0 Å². The molecule has 0 aliphatic carbocycles. The maximum atomic E-state index is 3.38. The van der Waals surface area contributed by atoms with Crippen LogP contribution in [0.5, 0.6) is 0 Å². The minimum atomic E-state index is 0. The molecular weight excluding hydrogens is 119 g/mol. The number of halogens is 1. The summed E-state index contributed by atoms with van der Waals surface area (Å²) in [6, 6.07) is 0.630. The molecule has 0 radical (unpaired) electrons. The summed E-state index contributed by atoms with van der Waals surface area (Å²) in [6.45, 7) is 7.57. The summed E-state index contributed by atoms with van der Waals surface area (Å²) in [7, 11) is 0. The monoisotopic (exact) mass is 134 g/mol. The Morgan fingerprint density at radius 1 is 1.44 bits per heavy atom. The van der Waals surface area contributed by atoms with E-state index in [9.17, 15) is 0 Å². The summed E-state index contributed by atoms with van der Waals surface area (Å²) in [6.07, 6.45) is 0. The molecule has 0 saturated carbocycles. The quantitative estimate of drug-likeness (QED) is 0.503. The smallest absolute Gasteiger partial charge is 0.0632 e. The van der Waals surface area contributed by atoms with Gasteiger partial charge in [0.2, 0.25) is 0 Å². The van der Waals surface area contributed by atoms with Crippen LogP contribution in [0.4, 0.5) is 4.70 Å². The molecule has 0 amide bonds. The molecule has 0 spiro atoms. The second-order valence-electron chi connectivity index (χ2n) is 3.05. The van der Waals surface area contributed by atoms with Crippen molar-refractivity contribution in [2.24, 2.45) is 0 Å². The topological polar surface area (TPSA) is 24.1 Å². The fourth-order valence-corrected chi connectivity index (χ4v) is 1.13. The van der Waals surface area contributed by atoms with Crippen molar-refractivity contribution in [2.45, 2.75) is 32.5 Å². The zero-order valence-corrected chi connectivity index (χ0v) is 6.19. The highest BCUT2D eigenvalue weighted by molar-refractivity contribution is 4.86. The summed E-state index contributed by atoms with van der Waals surface area (Å²) in [5, 5.41) is 6.72. The Morgan fingerprint density at radius 3 is 2.11 bits per heavy atom. The number of hydrogen-bond acceptors (Lipinski definition) is 2. The van der Waals surface area contributed by atoms with Gasteiger partial charge in [0.15, 0.2) is 0 Å². The zero-order valence-electron chi connectivity index (χ0n) is 6.19. The van der Waals surface area contributed by atoms with Crippen molar-refractivity contribution < 1.29 is 4.70 Å². The molecular formula is C6H15FN2. The molecule has 1 fully saturated rings. The Labute approximate surface area is 55.4 Å². The van der Waals surface area contributed by atoms with E-state index in [1.807, 2.05) is 0 Å². The molecule has 56 valence electrons. The van der Waals surface area contributed by atoms with E-state index in [1.54, 1.807) is 0 Å². The van der Waals surface area contributed by atoms with Crippen LogP contribution in [-0.4, -0.2) is 18.2 Å². The Bertz CT molecular complexity index is 93.1. The number of nitrogens with one attached hydrogen (secondary N) is 2. The summed E-state index contributed by atoms with van der Waals surface area (Å²) in [4.78, 5) is 0. The van der Waals surface area contributed by atoms with Gasteiger partial charge in [-0.05, 0) is 20.8 Å². The lowest BCUT2D eigenvalue weighted by molar-refractivity contribution is 0.397. The van der Waals surface area contributed by atoms with Crippen LogP contribution in [0.25, 0.3) is 0 Å². The largest absolute Gasteiger partial charge is 0.298 e. The maximum absolute atomic E-state index is 3.38. The van der Waals surface area contributed by atoms with Crippen LogP contribution in [0.1, 0.15) is 20.8 Å². The molecule has 1 aliphatic rings. The van der Waals surface area contributed by atoms with Gasteiger partial charge >= 0.3 is 0 Å². The highest BCUT2D eigenvalue weighted by atomic mass is 19.0. The third-order valence-corrected chi connectivity index (χ3v) is 1.46. The Kier molecular flexibility index (Phi) is 2.58. The molecule has 0 unspecified atom stereocenters. The lowest BCUT2D eigenvalue weighted by Crippen LogP contribution is -2.43. The molecule has 1 aliphatic heterocycles. The molecule has 0 aromatic carbocycles. The third kappa shape index (κ3) is 2.28. The molecule has 1 atom stereocenters. The van der Waals surface area contributed by atoms with E-state index in [-0.39, 0.29) is 10.4 Å². The predicted molar refractivity (Wildman–Crippen MR) is 37.2 cm³/mol. The highest BCUT2D eigenvalue weighted by Gasteiger charge is 2.25. The second-order valence-corrected chi connectivity index (χ2v) is 3.05. The molecule has 1 heterocycles. The van der Waals surface area contributed by atoms with E-state index >= 15 is 0 Å². The van der Waals surface area contributed by atoms with Crippen molar-refractivity contribution in [1.29, 1.82) is 0 Å². The van der Waals surface area contributed by atoms with Gasteiger partial charge in [0, 0.05) is 12.6 Å². The van der Waals surface area contributed by atoms with Gasteiger partial charge in [-0.15, -0.1) is 0 Å². The maximum Gasteiger partial charge on any atom is 0.0632 e. The van der Waals surface area contributed by atoms with Crippen LogP contribution >= 0.6 is 0 Å². The molecule has 0 bridgehead atoms. The van der Waals surface area contributed by atoms with Gasteiger partial charge in [-0.3, -0.25) is 15.3 Å². The Balaban J connectivity index is 0.000000640. The lowest BCUT2D eigenvalue weighted by Gasteiger charge is -2.18. The van der Waals surface area contributed by atoms with Crippen molar-refractivity contribution in [1.82, 2.24) is 10.6 Å². The summed E-state index contributed by atoms with van der Waals surface area (Å²) >= 11 is 0. The first kappa shape index (κ1) is 8.85. The molecule has 0 aromatic rings. The third-order valence-electron chi connectivity index (χ3n) is 1.46. The molecule has 1 saturated heterocycles. The lowest BCUT2D eigenvalue weighted by atomic mass is 10.3. The van der Waals surface area contributed by atoms with Crippen LogP contribution in [0.3, 0.4) is 0 Å². The summed E-state index contributed by atoms with van der Waals surface area (Å²) < 4.78 is 0. The Hall–Kier alpha value is -0.150. The minimum Gasteiger partial charge on any atom is -0.298 e. The van der Waals surface area contributed by atoms with E-state index < -0.39 is 0 Å². The van der Waals surface area contributed by atoms with Gasteiger partial charge in [0.25, 0.3) is 0 Å². The first-order valence-corrected chi connectivity index (χ1v) is 3.13. The number of rotatable bonds is 0. The highest BCUT2D eigenvalue weighted by Crippen LogP contribution is 2.04. The molecule has 3 heteroatoms. The van der Waals surface area contributed by atoms with Crippen molar-refractivity contribution in [3.05, 3.63) is 0 Å². The van der Waals surface area contributed by atoms with Gasteiger partial charge in [0.05, 0.1) is 5.66 Å². The minimum absolute atomic E-state index is 0. The van der Waals surface area contributed by atoms with Crippen molar-refractivity contribution in [3.8, 4) is 0 Å². The van der Waals surface area contributed by atoms with Crippen LogP contribution in [0.15, 0.2) is 0 Å². The van der Waals surface area contributed by atoms with Gasteiger partial charge in [-0.1, -0.05) is 0 Å². The van der Waals surface area contributed by atoms with Gasteiger partial charge in [0.1, 0.15) is 0 Å². The molecule has 2 N–H and O–H groups in total.